The summed E-state index contributed by atoms with van der Waals surface area (Å²) in [7, 11) is 0. The van der Waals surface area contributed by atoms with Gasteiger partial charge in [-0.2, -0.15) is 5.26 Å². The Hall–Kier alpha value is -1.59. The molecule has 0 aliphatic heterocycles. The van der Waals surface area contributed by atoms with Gasteiger partial charge >= 0.3 is 0 Å². The average molecular weight is 241 g/mol. The van der Waals surface area contributed by atoms with E-state index in [1.807, 2.05) is 30.3 Å². The summed E-state index contributed by atoms with van der Waals surface area (Å²) in [5.41, 5.74) is 2.69. The number of rotatable bonds is 3. The van der Waals surface area contributed by atoms with E-state index in [2.05, 4.69) is 6.07 Å². The zero-order valence-electron chi connectivity index (χ0n) is 10.6. The van der Waals surface area contributed by atoms with E-state index in [9.17, 15) is 5.11 Å². The first-order chi connectivity index (χ1) is 8.85. The standard InChI is InChI=1S/C16H19NO/c17-11-15-9-5-4-8-14(15)10-16(12-18)13-6-2-1-3-7-13/h4-5,8-10,13,18H,1-3,6-7,12H2/b16-10-. The Kier molecular flexibility index (Phi) is 4.55. The molecule has 1 aliphatic rings. The van der Waals surface area contributed by atoms with Gasteiger partial charge in [0.05, 0.1) is 18.2 Å². The molecule has 1 fully saturated rings. The zero-order valence-corrected chi connectivity index (χ0v) is 10.6. The minimum Gasteiger partial charge on any atom is -0.392 e. The van der Waals surface area contributed by atoms with Gasteiger partial charge in [-0.15, -0.1) is 0 Å². The lowest BCUT2D eigenvalue weighted by atomic mass is 9.83. The summed E-state index contributed by atoms with van der Waals surface area (Å²) in [6, 6.07) is 9.77. The van der Waals surface area contributed by atoms with E-state index in [4.69, 9.17) is 5.26 Å². The first-order valence-electron chi connectivity index (χ1n) is 6.65. The van der Waals surface area contributed by atoms with Crippen molar-refractivity contribution in [1.82, 2.24) is 0 Å². The number of aliphatic hydroxyl groups is 1. The quantitative estimate of drug-likeness (QED) is 0.880. The van der Waals surface area contributed by atoms with Crippen LogP contribution in [0.4, 0.5) is 0 Å². The zero-order chi connectivity index (χ0) is 12.8. The van der Waals surface area contributed by atoms with Crippen LogP contribution in [0.25, 0.3) is 6.08 Å². The molecule has 0 spiro atoms. The highest BCUT2D eigenvalue weighted by Crippen LogP contribution is 2.30. The van der Waals surface area contributed by atoms with Crippen LogP contribution in [-0.4, -0.2) is 11.7 Å². The molecule has 1 N–H and O–H groups in total. The van der Waals surface area contributed by atoms with E-state index < -0.39 is 0 Å². The summed E-state index contributed by atoms with van der Waals surface area (Å²) < 4.78 is 0. The monoisotopic (exact) mass is 241 g/mol. The summed E-state index contributed by atoms with van der Waals surface area (Å²) in [4.78, 5) is 0. The molecule has 18 heavy (non-hydrogen) atoms. The van der Waals surface area contributed by atoms with Crippen molar-refractivity contribution in [2.75, 3.05) is 6.61 Å². The highest BCUT2D eigenvalue weighted by molar-refractivity contribution is 5.60. The summed E-state index contributed by atoms with van der Waals surface area (Å²) in [6.45, 7) is 0.102. The van der Waals surface area contributed by atoms with Crippen LogP contribution in [-0.2, 0) is 0 Å². The van der Waals surface area contributed by atoms with Crippen molar-refractivity contribution in [3.05, 3.63) is 41.0 Å². The largest absolute Gasteiger partial charge is 0.392 e. The Morgan fingerprint density at radius 3 is 2.67 bits per heavy atom. The molecule has 1 aliphatic carbocycles. The SMILES string of the molecule is N#Cc1ccccc1/C=C(/CO)C1CCCCC1. The molecule has 2 nitrogen and oxygen atoms in total. The van der Waals surface area contributed by atoms with Crippen molar-refractivity contribution in [3.8, 4) is 6.07 Å². The van der Waals surface area contributed by atoms with Crippen molar-refractivity contribution in [1.29, 1.82) is 5.26 Å². The maximum atomic E-state index is 9.55. The maximum absolute atomic E-state index is 9.55. The van der Waals surface area contributed by atoms with Crippen molar-refractivity contribution < 1.29 is 5.11 Å². The van der Waals surface area contributed by atoms with E-state index in [-0.39, 0.29) is 6.61 Å². The Bertz CT molecular complexity index is 464. The van der Waals surface area contributed by atoms with Crippen LogP contribution >= 0.6 is 0 Å². The van der Waals surface area contributed by atoms with Gasteiger partial charge in [-0.25, -0.2) is 0 Å². The molecule has 2 heteroatoms. The lowest BCUT2D eigenvalue weighted by Gasteiger charge is -2.23. The van der Waals surface area contributed by atoms with Crippen LogP contribution in [0.1, 0.15) is 43.2 Å². The molecule has 0 aromatic heterocycles. The fourth-order valence-corrected chi connectivity index (χ4v) is 2.69. The second-order valence-electron chi connectivity index (χ2n) is 4.91. The minimum absolute atomic E-state index is 0.102. The number of hydrogen-bond donors (Lipinski definition) is 1. The van der Waals surface area contributed by atoms with Crippen LogP contribution < -0.4 is 0 Å². The highest BCUT2D eigenvalue weighted by Gasteiger charge is 2.17. The molecule has 0 unspecified atom stereocenters. The van der Waals surface area contributed by atoms with Crippen LogP contribution in [0, 0.1) is 17.2 Å². The van der Waals surface area contributed by atoms with E-state index in [0.29, 0.717) is 11.5 Å². The predicted octanol–water partition coefficient (Wildman–Crippen LogP) is 3.51. The molecule has 1 saturated carbocycles. The number of nitriles is 1. The number of hydrogen-bond acceptors (Lipinski definition) is 2. The lowest BCUT2D eigenvalue weighted by molar-refractivity contribution is 0.295. The molecule has 2 rings (SSSR count). The van der Waals surface area contributed by atoms with Crippen molar-refractivity contribution in [2.45, 2.75) is 32.1 Å². The fourth-order valence-electron chi connectivity index (χ4n) is 2.69. The third-order valence-corrected chi connectivity index (χ3v) is 3.73. The summed E-state index contributed by atoms with van der Waals surface area (Å²) in [5, 5.41) is 18.6. The van der Waals surface area contributed by atoms with Gasteiger partial charge in [-0.3, -0.25) is 0 Å². The molecular formula is C16H19NO. The summed E-state index contributed by atoms with van der Waals surface area (Å²) in [6.07, 6.45) is 8.16. The van der Waals surface area contributed by atoms with Gasteiger partial charge in [0.1, 0.15) is 0 Å². The van der Waals surface area contributed by atoms with Crippen LogP contribution in [0.5, 0.6) is 0 Å². The lowest BCUT2D eigenvalue weighted by Crippen LogP contribution is -2.11. The third-order valence-electron chi connectivity index (χ3n) is 3.73. The smallest absolute Gasteiger partial charge is 0.0997 e. The molecule has 94 valence electrons. The Balaban J connectivity index is 2.25. The maximum Gasteiger partial charge on any atom is 0.0997 e. The van der Waals surface area contributed by atoms with Gasteiger partial charge in [0, 0.05) is 0 Å². The molecule has 0 bridgehead atoms. The Morgan fingerprint density at radius 2 is 2.00 bits per heavy atom. The van der Waals surface area contributed by atoms with E-state index in [1.54, 1.807) is 0 Å². The molecular weight excluding hydrogens is 222 g/mol. The third kappa shape index (κ3) is 3.00. The van der Waals surface area contributed by atoms with Crippen LogP contribution in [0.3, 0.4) is 0 Å². The number of nitrogens with zero attached hydrogens (tertiary/aromatic N) is 1. The van der Waals surface area contributed by atoms with E-state index >= 15 is 0 Å². The summed E-state index contributed by atoms with van der Waals surface area (Å²) in [5.74, 6) is 0.496. The Morgan fingerprint density at radius 1 is 1.28 bits per heavy atom. The Labute approximate surface area is 109 Å². The van der Waals surface area contributed by atoms with Gasteiger partial charge in [0.25, 0.3) is 0 Å². The highest BCUT2D eigenvalue weighted by atomic mass is 16.3. The van der Waals surface area contributed by atoms with Crippen LogP contribution in [0.15, 0.2) is 29.8 Å². The molecule has 0 heterocycles. The molecule has 0 amide bonds. The topological polar surface area (TPSA) is 44.0 Å². The van der Waals surface area contributed by atoms with Gasteiger partial charge < -0.3 is 5.11 Å². The average Bonchev–Trinajstić information content (AvgIpc) is 2.46. The minimum atomic E-state index is 0.102. The summed E-state index contributed by atoms with van der Waals surface area (Å²) >= 11 is 0. The fraction of sp³-hybridized carbons (Fsp3) is 0.438. The van der Waals surface area contributed by atoms with Crippen molar-refractivity contribution in [2.24, 2.45) is 5.92 Å². The van der Waals surface area contributed by atoms with Crippen molar-refractivity contribution >= 4 is 6.08 Å². The van der Waals surface area contributed by atoms with Gasteiger partial charge in [-0.05, 0) is 36.0 Å². The molecule has 0 saturated heterocycles. The van der Waals surface area contributed by atoms with Gasteiger partial charge in [0.15, 0.2) is 0 Å². The second-order valence-corrected chi connectivity index (χ2v) is 4.91. The molecule has 1 aromatic carbocycles. The van der Waals surface area contributed by atoms with Gasteiger partial charge in [0.2, 0.25) is 0 Å². The second kappa shape index (κ2) is 6.37. The predicted molar refractivity (Wildman–Crippen MR) is 72.8 cm³/mol. The number of benzene rings is 1. The van der Waals surface area contributed by atoms with Crippen molar-refractivity contribution in [3.63, 3.8) is 0 Å². The first-order valence-corrected chi connectivity index (χ1v) is 6.65. The van der Waals surface area contributed by atoms with Gasteiger partial charge in [-0.1, -0.05) is 43.5 Å². The normalized spacial score (nSPS) is 17.4. The van der Waals surface area contributed by atoms with Crippen LogP contribution in [0.2, 0.25) is 0 Å². The molecule has 0 radical (unpaired) electrons. The number of aliphatic hydroxyl groups excluding tert-OH is 1. The first kappa shape index (κ1) is 12.9. The molecule has 0 atom stereocenters. The van der Waals surface area contributed by atoms with E-state index in [1.165, 1.54) is 32.1 Å². The van der Waals surface area contributed by atoms with E-state index in [0.717, 1.165) is 11.1 Å². The molecule has 1 aromatic rings.